The second kappa shape index (κ2) is 5.30. The summed E-state index contributed by atoms with van der Waals surface area (Å²) in [5.41, 5.74) is -0.0630. The van der Waals surface area contributed by atoms with E-state index in [0.717, 1.165) is 0 Å². The first kappa shape index (κ1) is 13.4. The zero-order valence-electron chi connectivity index (χ0n) is 11.5. The lowest BCUT2D eigenvalue weighted by Crippen LogP contribution is -2.46. The zero-order chi connectivity index (χ0) is 13.9. The Hall–Kier alpha value is -2.04. The molecule has 1 atom stereocenters. The number of carbonyl (C=O) groups is 1. The van der Waals surface area contributed by atoms with Crippen molar-refractivity contribution in [1.82, 2.24) is 14.9 Å². The Bertz CT molecular complexity index is 509. The van der Waals surface area contributed by atoms with Gasteiger partial charge in [-0.25, -0.2) is 4.98 Å². The predicted molar refractivity (Wildman–Crippen MR) is 71.6 cm³/mol. The van der Waals surface area contributed by atoms with Crippen molar-refractivity contribution < 1.29 is 9.21 Å². The van der Waals surface area contributed by atoms with Crippen LogP contribution in [0.4, 0.5) is 0 Å². The van der Waals surface area contributed by atoms with Crippen molar-refractivity contribution in [3.8, 4) is 0 Å². The molecule has 19 heavy (non-hydrogen) atoms. The van der Waals surface area contributed by atoms with Gasteiger partial charge in [0.25, 0.3) is 5.91 Å². The first-order valence-electron chi connectivity index (χ1n) is 6.27. The van der Waals surface area contributed by atoms with Gasteiger partial charge in [-0.05, 0) is 17.5 Å². The number of aromatic nitrogens is 2. The molecule has 0 aliphatic carbocycles. The third-order valence-electron chi connectivity index (χ3n) is 3.05. The first-order chi connectivity index (χ1) is 8.97. The van der Waals surface area contributed by atoms with E-state index in [4.69, 9.17) is 4.42 Å². The molecule has 5 nitrogen and oxygen atoms in total. The maximum absolute atomic E-state index is 12.1. The highest BCUT2D eigenvalue weighted by molar-refractivity contribution is 5.91. The van der Waals surface area contributed by atoms with Crippen molar-refractivity contribution in [2.45, 2.75) is 33.4 Å². The molecule has 0 fully saturated rings. The van der Waals surface area contributed by atoms with Crippen LogP contribution >= 0.6 is 0 Å². The predicted octanol–water partition coefficient (Wildman–Crippen LogP) is 2.32. The van der Waals surface area contributed by atoms with E-state index in [1.54, 1.807) is 24.7 Å². The van der Waals surface area contributed by atoms with Crippen molar-refractivity contribution in [3.63, 3.8) is 0 Å². The normalized spacial score (nSPS) is 13.2. The van der Waals surface area contributed by atoms with Gasteiger partial charge in [-0.3, -0.25) is 4.79 Å². The van der Waals surface area contributed by atoms with Crippen LogP contribution in [0.15, 0.2) is 41.5 Å². The number of imidazole rings is 1. The van der Waals surface area contributed by atoms with Crippen LogP contribution in [0.2, 0.25) is 0 Å². The smallest absolute Gasteiger partial charge is 0.287 e. The lowest BCUT2D eigenvalue weighted by Gasteiger charge is -2.31. The van der Waals surface area contributed by atoms with E-state index in [-0.39, 0.29) is 17.4 Å². The number of nitrogens with zero attached hydrogens (tertiary/aromatic N) is 2. The van der Waals surface area contributed by atoms with Gasteiger partial charge in [-0.1, -0.05) is 20.8 Å². The minimum absolute atomic E-state index is 0.0145. The highest BCUT2D eigenvalue weighted by Gasteiger charge is 2.27. The summed E-state index contributed by atoms with van der Waals surface area (Å²) in [6.45, 7) is 6.96. The fraction of sp³-hybridized carbons (Fsp3) is 0.429. The Morgan fingerprint density at radius 3 is 2.84 bits per heavy atom. The van der Waals surface area contributed by atoms with E-state index in [1.165, 1.54) is 6.26 Å². The van der Waals surface area contributed by atoms with E-state index in [1.807, 2.05) is 10.8 Å². The van der Waals surface area contributed by atoms with Crippen molar-refractivity contribution in [2.24, 2.45) is 5.41 Å². The molecule has 0 aromatic carbocycles. The van der Waals surface area contributed by atoms with E-state index < -0.39 is 0 Å². The Labute approximate surface area is 112 Å². The van der Waals surface area contributed by atoms with Gasteiger partial charge >= 0.3 is 0 Å². The number of hydrogen-bond donors (Lipinski definition) is 1. The molecule has 1 unspecified atom stereocenters. The minimum atomic E-state index is -0.190. The molecule has 1 N–H and O–H groups in total. The fourth-order valence-corrected chi connectivity index (χ4v) is 1.78. The van der Waals surface area contributed by atoms with Crippen LogP contribution in [0, 0.1) is 5.41 Å². The summed E-state index contributed by atoms with van der Waals surface area (Å²) >= 11 is 0. The van der Waals surface area contributed by atoms with Crippen LogP contribution < -0.4 is 5.32 Å². The summed E-state index contributed by atoms with van der Waals surface area (Å²) < 4.78 is 7.07. The molecular formula is C14H19N3O2. The van der Waals surface area contributed by atoms with Gasteiger partial charge in [-0.15, -0.1) is 0 Å². The first-order valence-corrected chi connectivity index (χ1v) is 6.27. The quantitative estimate of drug-likeness (QED) is 0.918. The molecule has 2 heterocycles. The van der Waals surface area contributed by atoms with Crippen LogP contribution in [0.3, 0.4) is 0 Å². The van der Waals surface area contributed by atoms with Crippen LogP contribution in [0.1, 0.15) is 31.3 Å². The highest BCUT2D eigenvalue weighted by atomic mass is 16.3. The lowest BCUT2D eigenvalue weighted by molar-refractivity contribution is 0.0864. The molecule has 2 aromatic rings. The van der Waals surface area contributed by atoms with E-state index in [9.17, 15) is 4.79 Å². The average molecular weight is 261 g/mol. The summed E-state index contributed by atoms with van der Waals surface area (Å²) in [4.78, 5) is 16.1. The van der Waals surface area contributed by atoms with Crippen molar-refractivity contribution in [2.75, 3.05) is 0 Å². The Balaban J connectivity index is 2.08. The molecule has 2 rings (SSSR count). The zero-order valence-corrected chi connectivity index (χ0v) is 11.5. The summed E-state index contributed by atoms with van der Waals surface area (Å²) in [6.07, 6.45) is 6.86. The molecule has 0 radical (unpaired) electrons. The average Bonchev–Trinajstić information content (AvgIpc) is 2.99. The van der Waals surface area contributed by atoms with Crippen LogP contribution in [0.25, 0.3) is 0 Å². The number of nitrogens with one attached hydrogen (secondary N) is 1. The molecular weight excluding hydrogens is 242 g/mol. The third kappa shape index (κ3) is 3.47. The van der Waals surface area contributed by atoms with E-state index in [2.05, 4.69) is 31.1 Å². The van der Waals surface area contributed by atoms with Gasteiger partial charge in [0.1, 0.15) is 0 Å². The van der Waals surface area contributed by atoms with Crippen LogP contribution in [-0.2, 0) is 6.54 Å². The molecule has 0 saturated carbocycles. The molecule has 0 aliphatic rings. The van der Waals surface area contributed by atoms with Gasteiger partial charge < -0.3 is 14.3 Å². The van der Waals surface area contributed by atoms with E-state index in [0.29, 0.717) is 12.3 Å². The number of rotatable bonds is 4. The fourth-order valence-electron chi connectivity index (χ4n) is 1.78. The van der Waals surface area contributed by atoms with Crippen LogP contribution in [-0.4, -0.2) is 21.5 Å². The molecule has 0 aliphatic heterocycles. The molecule has 5 heteroatoms. The van der Waals surface area contributed by atoms with Crippen molar-refractivity contribution in [1.29, 1.82) is 0 Å². The maximum Gasteiger partial charge on any atom is 0.287 e. The van der Waals surface area contributed by atoms with Gasteiger partial charge in [0.15, 0.2) is 5.76 Å². The molecule has 0 saturated heterocycles. The largest absolute Gasteiger partial charge is 0.459 e. The number of carbonyl (C=O) groups excluding carboxylic acids is 1. The second-order valence-corrected chi connectivity index (χ2v) is 5.63. The van der Waals surface area contributed by atoms with Crippen LogP contribution in [0.5, 0.6) is 0 Å². The Kier molecular flexibility index (Phi) is 3.74. The number of furan rings is 1. The molecule has 2 aromatic heterocycles. The number of amides is 1. The summed E-state index contributed by atoms with van der Waals surface area (Å²) in [5, 5.41) is 3.02. The minimum Gasteiger partial charge on any atom is -0.459 e. The Morgan fingerprint density at radius 2 is 2.32 bits per heavy atom. The summed E-state index contributed by atoms with van der Waals surface area (Å²) in [6, 6.07) is 3.35. The maximum atomic E-state index is 12.1. The van der Waals surface area contributed by atoms with Crippen molar-refractivity contribution >= 4 is 5.91 Å². The SMILES string of the molecule is CC(C)(C)C(Cn1ccnc1)NC(=O)c1ccco1. The van der Waals surface area contributed by atoms with Gasteiger partial charge in [0.2, 0.25) is 0 Å². The third-order valence-corrected chi connectivity index (χ3v) is 3.05. The summed E-state index contributed by atoms with van der Waals surface area (Å²) in [7, 11) is 0. The molecule has 1 amide bonds. The van der Waals surface area contributed by atoms with Crippen molar-refractivity contribution in [3.05, 3.63) is 42.9 Å². The molecule has 102 valence electrons. The summed E-state index contributed by atoms with van der Waals surface area (Å²) in [5.74, 6) is 0.143. The molecule has 0 spiro atoms. The standard InChI is InChI=1S/C14H19N3O2/c1-14(2,3)12(9-17-7-6-15-10-17)16-13(18)11-5-4-8-19-11/h4-8,10,12H,9H2,1-3H3,(H,16,18). The topological polar surface area (TPSA) is 60.1 Å². The number of hydrogen-bond acceptors (Lipinski definition) is 3. The lowest BCUT2D eigenvalue weighted by atomic mass is 9.86. The van der Waals surface area contributed by atoms with Gasteiger partial charge in [0, 0.05) is 18.9 Å². The highest BCUT2D eigenvalue weighted by Crippen LogP contribution is 2.21. The van der Waals surface area contributed by atoms with Gasteiger partial charge in [-0.2, -0.15) is 0 Å². The monoisotopic (exact) mass is 261 g/mol. The second-order valence-electron chi connectivity index (χ2n) is 5.63. The Morgan fingerprint density at radius 1 is 1.53 bits per heavy atom. The van der Waals surface area contributed by atoms with Gasteiger partial charge in [0.05, 0.1) is 18.6 Å². The van der Waals surface area contributed by atoms with E-state index >= 15 is 0 Å². The molecule has 0 bridgehead atoms.